The summed E-state index contributed by atoms with van der Waals surface area (Å²) in [6.07, 6.45) is 1.90. The van der Waals surface area contributed by atoms with Crippen LogP contribution in [0.5, 0.6) is 0 Å². The molecule has 0 heterocycles. The van der Waals surface area contributed by atoms with Gasteiger partial charge in [-0.2, -0.15) is 0 Å². The van der Waals surface area contributed by atoms with Gasteiger partial charge >= 0.3 is 7.18 Å². The molecule has 0 aliphatic rings. The highest BCUT2D eigenvalue weighted by Crippen LogP contribution is 2.11. The zero-order chi connectivity index (χ0) is 7.33. The maximum atomic E-state index is 8.69. The minimum atomic E-state index is -3.25. The molecule has 0 aromatic rings. The fourth-order valence-corrected chi connectivity index (χ4v) is 1.19. The van der Waals surface area contributed by atoms with Gasteiger partial charge in [-0.15, -0.1) is 0 Å². The van der Waals surface area contributed by atoms with Crippen molar-refractivity contribution in [3.8, 4) is 0 Å². The summed E-state index contributed by atoms with van der Waals surface area (Å²) in [4.78, 5) is 8.69. The molecule has 5 heteroatoms. The third-order valence-electron chi connectivity index (χ3n) is 0.774. The lowest BCUT2D eigenvalue weighted by molar-refractivity contribution is 0.262. The SMILES string of the molecule is CCCCO[Si](O)(Cl)Cl. The number of unbranched alkanes of at least 4 members (excludes halogenated alkanes) is 1. The van der Waals surface area contributed by atoms with Crippen molar-refractivity contribution in [3.05, 3.63) is 0 Å². The van der Waals surface area contributed by atoms with Crippen molar-refractivity contribution in [1.29, 1.82) is 0 Å². The molecule has 0 aliphatic heterocycles. The Kier molecular flexibility index (Phi) is 4.88. The first-order valence-corrected chi connectivity index (χ1v) is 6.68. The maximum Gasteiger partial charge on any atom is 0.548 e. The van der Waals surface area contributed by atoms with E-state index in [1.165, 1.54) is 0 Å². The summed E-state index contributed by atoms with van der Waals surface area (Å²) in [7, 11) is -3.25. The van der Waals surface area contributed by atoms with Gasteiger partial charge in [0, 0.05) is 6.61 Å². The largest absolute Gasteiger partial charge is 0.548 e. The average Bonchev–Trinajstić information content (AvgIpc) is 1.63. The van der Waals surface area contributed by atoms with Crippen LogP contribution >= 0.6 is 22.2 Å². The minimum Gasteiger partial charge on any atom is -0.388 e. The second-order valence-corrected chi connectivity index (χ2v) is 6.60. The molecule has 0 rings (SSSR count). The number of halogens is 2. The first kappa shape index (κ1) is 9.72. The van der Waals surface area contributed by atoms with Gasteiger partial charge in [0.2, 0.25) is 0 Å². The lowest BCUT2D eigenvalue weighted by atomic mass is 10.4. The van der Waals surface area contributed by atoms with Crippen molar-refractivity contribution in [2.24, 2.45) is 0 Å². The van der Waals surface area contributed by atoms with Crippen LogP contribution < -0.4 is 0 Å². The van der Waals surface area contributed by atoms with Crippen LogP contribution in [0.3, 0.4) is 0 Å². The predicted octanol–water partition coefficient (Wildman–Crippen LogP) is 1.71. The van der Waals surface area contributed by atoms with E-state index in [-0.39, 0.29) is 0 Å². The molecule has 0 aromatic carbocycles. The van der Waals surface area contributed by atoms with Crippen LogP contribution in [-0.4, -0.2) is 18.6 Å². The summed E-state index contributed by atoms with van der Waals surface area (Å²) in [6.45, 7) is 2.47. The first-order valence-electron chi connectivity index (χ1n) is 2.80. The van der Waals surface area contributed by atoms with Gasteiger partial charge in [0.15, 0.2) is 0 Å². The molecule has 0 spiro atoms. The third-order valence-corrected chi connectivity index (χ3v) is 1.98. The summed E-state index contributed by atoms with van der Waals surface area (Å²) in [5.74, 6) is 0. The molecule has 2 nitrogen and oxygen atoms in total. The van der Waals surface area contributed by atoms with Gasteiger partial charge < -0.3 is 9.22 Å². The van der Waals surface area contributed by atoms with Crippen molar-refractivity contribution in [1.82, 2.24) is 0 Å². The summed E-state index contributed by atoms with van der Waals surface area (Å²) < 4.78 is 4.70. The number of hydrogen-bond donors (Lipinski definition) is 1. The summed E-state index contributed by atoms with van der Waals surface area (Å²) in [6, 6.07) is 0. The quantitative estimate of drug-likeness (QED) is 0.414. The standard InChI is InChI=1S/C4H10Cl2O2Si/c1-2-3-4-8-9(5,6)7/h7H,2-4H2,1H3. The van der Waals surface area contributed by atoms with E-state index in [0.29, 0.717) is 6.61 Å². The zero-order valence-corrected chi connectivity index (χ0v) is 7.74. The van der Waals surface area contributed by atoms with Crippen molar-refractivity contribution in [2.45, 2.75) is 19.8 Å². The fourth-order valence-electron chi connectivity index (χ4n) is 0.339. The van der Waals surface area contributed by atoms with Crippen molar-refractivity contribution >= 4 is 29.3 Å². The van der Waals surface area contributed by atoms with Crippen LogP contribution in [0.25, 0.3) is 0 Å². The van der Waals surface area contributed by atoms with E-state index in [1.807, 2.05) is 6.92 Å². The van der Waals surface area contributed by atoms with Gasteiger partial charge in [0.05, 0.1) is 0 Å². The van der Waals surface area contributed by atoms with Gasteiger partial charge in [-0.05, 0) is 6.42 Å². The highest BCUT2D eigenvalue weighted by atomic mass is 35.7. The van der Waals surface area contributed by atoms with Crippen LogP contribution in [0, 0.1) is 0 Å². The predicted molar refractivity (Wildman–Crippen MR) is 40.5 cm³/mol. The van der Waals surface area contributed by atoms with E-state index >= 15 is 0 Å². The minimum absolute atomic E-state index is 0.451. The highest BCUT2D eigenvalue weighted by Gasteiger charge is 2.27. The Hall–Kier alpha value is 0.717. The Morgan fingerprint density at radius 3 is 2.44 bits per heavy atom. The lowest BCUT2D eigenvalue weighted by Crippen LogP contribution is -2.24. The van der Waals surface area contributed by atoms with Crippen LogP contribution in [0.1, 0.15) is 19.8 Å². The molecule has 0 bridgehead atoms. The highest BCUT2D eigenvalue weighted by molar-refractivity contribution is 7.38. The van der Waals surface area contributed by atoms with E-state index in [0.717, 1.165) is 12.8 Å². The lowest BCUT2D eigenvalue weighted by Gasteiger charge is -2.07. The number of rotatable bonds is 4. The second kappa shape index (κ2) is 4.52. The van der Waals surface area contributed by atoms with Crippen LogP contribution in [0.4, 0.5) is 0 Å². The molecule has 1 N–H and O–H groups in total. The Labute approximate surface area is 65.4 Å². The molecule has 0 fully saturated rings. The van der Waals surface area contributed by atoms with Crippen LogP contribution in [-0.2, 0) is 4.43 Å². The Balaban J connectivity index is 3.07. The Morgan fingerprint density at radius 1 is 1.56 bits per heavy atom. The van der Waals surface area contributed by atoms with E-state index in [4.69, 9.17) is 31.4 Å². The van der Waals surface area contributed by atoms with E-state index in [9.17, 15) is 0 Å². The molecule has 0 atom stereocenters. The molecule has 0 saturated carbocycles. The molecule has 0 amide bonds. The van der Waals surface area contributed by atoms with Gasteiger partial charge in [-0.3, -0.25) is 0 Å². The van der Waals surface area contributed by atoms with E-state index < -0.39 is 7.18 Å². The van der Waals surface area contributed by atoms with Crippen molar-refractivity contribution in [2.75, 3.05) is 6.61 Å². The zero-order valence-electron chi connectivity index (χ0n) is 5.23. The molecule has 0 aliphatic carbocycles. The van der Waals surface area contributed by atoms with Crippen LogP contribution in [0.2, 0.25) is 0 Å². The topological polar surface area (TPSA) is 29.5 Å². The molecule has 0 unspecified atom stereocenters. The summed E-state index contributed by atoms with van der Waals surface area (Å²) in [5, 5.41) is 0. The average molecular weight is 189 g/mol. The van der Waals surface area contributed by atoms with Crippen LogP contribution in [0.15, 0.2) is 0 Å². The normalized spacial score (nSPS) is 12.0. The number of hydrogen-bond acceptors (Lipinski definition) is 2. The van der Waals surface area contributed by atoms with Gasteiger partial charge in [0.1, 0.15) is 0 Å². The monoisotopic (exact) mass is 188 g/mol. The molecular formula is C4H10Cl2O2Si. The smallest absolute Gasteiger partial charge is 0.388 e. The molecule has 0 radical (unpaired) electrons. The maximum absolute atomic E-state index is 8.69. The van der Waals surface area contributed by atoms with Gasteiger partial charge in [-0.25, -0.2) is 0 Å². The molecule has 0 aromatic heterocycles. The van der Waals surface area contributed by atoms with E-state index in [1.54, 1.807) is 0 Å². The first-order chi connectivity index (χ1) is 4.06. The van der Waals surface area contributed by atoms with Gasteiger partial charge in [0.25, 0.3) is 0 Å². The second-order valence-electron chi connectivity index (χ2n) is 1.69. The Bertz CT molecular complexity index is 73.5. The molecule has 0 saturated heterocycles. The fraction of sp³-hybridized carbons (Fsp3) is 1.00. The Morgan fingerprint density at radius 2 is 2.11 bits per heavy atom. The summed E-state index contributed by atoms with van der Waals surface area (Å²) in [5.41, 5.74) is 0. The van der Waals surface area contributed by atoms with E-state index in [2.05, 4.69) is 0 Å². The molecule has 56 valence electrons. The molecular weight excluding hydrogens is 179 g/mol. The summed E-state index contributed by atoms with van der Waals surface area (Å²) >= 11 is 10.4. The molecule has 9 heavy (non-hydrogen) atoms. The van der Waals surface area contributed by atoms with Gasteiger partial charge in [-0.1, -0.05) is 35.5 Å². The van der Waals surface area contributed by atoms with Crippen molar-refractivity contribution in [3.63, 3.8) is 0 Å². The van der Waals surface area contributed by atoms with Crippen molar-refractivity contribution < 1.29 is 9.22 Å². The third kappa shape index (κ3) is 8.72.